The first-order valence-electron chi connectivity index (χ1n) is 4.57. The van der Waals surface area contributed by atoms with Crippen LogP contribution in [0.4, 0.5) is 4.79 Å². The molecule has 0 aromatic rings. The SMILES string of the molecule is C=C/C=C(\C=C/CC)COC(=O)NC. The molecule has 0 atom stereocenters. The Hall–Kier alpha value is -1.51. The predicted octanol–water partition coefficient (Wildman–Crippen LogP) is 2.42. The van der Waals surface area contributed by atoms with E-state index in [0.717, 1.165) is 12.0 Å². The first-order chi connectivity index (χ1) is 6.74. The van der Waals surface area contributed by atoms with Crippen molar-refractivity contribution in [3.8, 4) is 0 Å². The molecule has 78 valence electrons. The van der Waals surface area contributed by atoms with Gasteiger partial charge >= 0.3 is 6.09 Å². The van der Waals surface area contributed by atoms with Gasteiger partial charge < -0.3 is 10.1 Å². The van der Waals surface area contributed by atoms with Gasteiger partial charge in [0, 0.05) is 7.05 Å². The van der Waals surface area contributed by atoms with Gasteiger partial charge in [-0.05, 0) is 12.0 Å². The van der Waals surface area contributed by atoms with Gasteiger partial charge in [-0.3, -0.25) is 0 Å². The highest BCUT2D eigenvalue weighted by molar-refractivity contribution is 5.66. The Bertz CT molecular complexity index is 242. The number of nitrogens with one attached hydrogen (secondary N) is 1. The van der Waals surface area contributed by atoms with Gasteiger partial charge in [-0.1, -0.05) is 37.8 Å². The van der Waals surface area contributed by atoms with Crippen molar-refractivity contribution in [3.05, 3.63) is 36.5 Å². The molecule has 0 spiro atoms. The van der Waals surface area contributed by atoms with E-state index < -0.39 is 6.09 Å². The fraction of sp³-hybridized carbons (Fsp3) is 0.364. The molecule has 0 rings (SSSR count). The molecule has 0 aliphatic heterocycles. The molecule has 0 aliphatic rings. The lowest BCUT2D eigenvalue weighted by Crippen LogP contribution is -2.20. The summed E-state index contributed by atoms with van der Waals surface area (Å²) in [6, 6.07) is 0. The van der Waals surface area contributed by atoms with E-state index in [0.29, 0.717) is 0 Å². The zero-order valence-corrected chi connectivity index (χ0v) is 8.75. The molecule has 0 heterocycles. The first kappa shape index (κ1) is 12.5. The molecule has 0 fully saturated rings. The minimum Gasteiger partial charge on any atom is -0.445 e. The number of ether oxygens (including phenoxy) is 1. The van der Waals surface area contributed by atoms with Crippen molar-refractivity contribution in [3.63, 3.8) is 0 Å². The maximum atomic E-state index is 10.8. The average Bonchev–Trinajstić information content (AvgIpc) is 2.21. The maximum Gasteiger partial charge on any atom is 0.407 e. The molecule has 3 heteroatoms. The number of amides is 1. The number of carbonyl (C=O) groups excluding carboxylic acids is 1. The van der Waals surface area contributed by atoms with E-state index in [-0.39, 0.29) is 6.61 Å². The van der Waals surface area contributed by atoms with Gasteiger partial charge in [-0.25, -0.2) is 4.79 Å². The minimum atomic E-state index is -0.426. The molecular weight excluding hydrogens is 178 g/mol. The summed E-state index contributed by atoms with van der Waals surface area (Å²) in [5, 5.41) is 2.38. The molecule has 0 radical (unpaired) electrons. The second-order valence-corrected chi connectivity index (χ2v) is 2.61. The van der Waals surface area contributed by atoms with Crippen LogP contribution in [0.25, 0.3) is 0 Å². The molecule has 0 bridgehead atoms. The van der Waals surface area contributed by atoms with E-state index >= 15 is 0 Å². The lowest BCUT2D eigenvalue weighted by atomic mass is 10.2. The van der Waals surface area contributed by atoms with E-state index in [1.807, 2.05) is 25.2 Å². The Kier molecular flexibility index (Phi) is 7.23. The Morgan fingerprint density at radius 2 is 2.29 bits per heavy atom. The largest absolute Gasteiger partial charge is 0.445 e. The summed E-state index contributed by atoms with van der Waals surface area (Å²) >= 11 is 0. The van der Waals surface area contributed by atoms with Crippen molar-refractivity contribution in [1.82, 2.24) is 5.32 Å². The van der Waals surface area contributed by atoms with Crippen molar-refractivity contribution in [2.24, 2.45) is 0 Å². The van der Waals surface area contributed by atoms with Crippen molar-refractivity contribution in [1.29, 1.82) is 0 Å². The second kappa shape index (κ2) is 8.10. The van der Waals surface area contributed by atoms with Crippen LogP contribution in [-0.2, 0) is 4.74 Å². The number of rotatable bonds is 5. The Morgan fingerprint density at radius 1 is 1.57 bits per heavy atom. The molecule has 0 aliphatic carbocycles. The number of hydrogen-bond donors (Lipinski definition) is 1. The summed E-state index contributed by atoms with van der Waals surface area (Å²) in [6.07, 6.45) is 7.93. The summed E-state index contributed by atoms with van der Waals surface area (Å²) in [7, 11) is 1.53. The highest BCUT2D eigenvalue weighted by Crippen LogP contribution is 2.00. The molecule has 0 aromatic heterocycles. The Balaban J connectivity index is 4.11. The fourth-order valence-corrected chi connectivity index (χ4v) is 0.793. The summed E-state index contributed by atoms with van der Waals surface area (Å²) < 4.78 is 4.89. The quantitative estimate of drug-likeness (QED) is 0.684. The summed E-state index contributed by atoms with van der Waals surface area (Å²) in [5.41, 5.74) is 0.922. The second-order valence-electron chi connectivity index (χ2n) is 2.61. The van der Waals surface area contributed by atoms with Gasteiger partial charge in [0.15, 0.2) is 0 Å². The highest BCUT2D eigenvalue weighted by Gasteiger charge is 1.98. The number of hydrogen-bond acceptors (Lipinski definition) is 2. The van der Waals surface area contributed by atoms with Crippen molar-refractivity contribution in [2.45, 2.75) is 13.3 Å². The van der Waals surface area contributed by atoms with Crippen LogP contribution in [0.15, 0.2) is 36.5 Å². The van der Waals surface area contributed by atoms with E-state index in [1.54, 1.807) is 6.08 Å². The third kappa shape index (κ3) is 6.06. The highest BCUT2D eigenvalue weighted by atomic mass is 16.5. The lowest BCUT2D eigenvalue weighted by Gasteiger charge is -2.03. The molecular formula is C11H17NO2. The van der Waals surface area contributed by atoms with Crippen LogP contribution in [-0.4, -0.2) is 19.7 Å². The van der Waals surface area contributed by atoms with Crippen molar-refractivity contribution >= 4 is 6.09 Å². The van der Waals surface area contributed by atoms with Crippen LogP contribution in [0, 0.1) is 0 Å². The van der Waals surface area contributed by atoms with Gasteiger partial charge in [-0.15, -0.1) is 0 Å². The van der Waals surface area contributed by atoms with E-state index in [9.17, 15) is 4.79 Å². The van der Waals surface area contributed by atoms with Crippen LogP contribution in [0.3, 0.4) is 0 Å². The maximum absolute atomic E-state index is 10.8. The molecule has 3 nitrogen and oxygen atoms in total. The zero-order valence-electron chi connectivity index (χ0n) is 8.75. The van der Waals surface area contributed by atoms with Crippen LogP contribution in [0.2, 0.25) is 0 Å². The van der Waals surface area contributed by atoms with Crippen LogP contribution in [0.1, 0.15) is 13.3 Å². The molecule has 0 aromatic carbocycles. The molecule has 1 N–H and O–H groups in total. The molecule has 0 saturated heterocycles. The first-order valence-corrected chi connectivity index (χ1v) is 4.57. The number of carbonyl (C=O) groups is 1. The standard InChI is InChI=1S/C11H17NO2/c1-4-6-8-10(7-5-2)9-14-11(13)12-3/h5-8H,2,4,9H2,1,3H3,(H,12,13)/b8-6-,10-7+. The normalized spacial score (nSPS) is 11.4. The Labute approximate surface area is 85.1 Å². The Morgan fingerprint density at radius 3 is 2.79 bits per heavy atom. The molecule has 0 unspecified atom stereocenters. The van der Waals surface area contributed by atoms with Gasteiger partial charge in [0.1, 0.15) is 6.61 Å². The summed E-state index contributed by atoms with van der Waals surface area (Å²) in [6.45, 7) is 5.90. The third-order valence-corrected chi connectivity index (χ3v) is 1.47. The van der Waals surface area contributed by atoms with Gasteiger partial charge in [0.05, 0.1) is 0 Å². The van der Waals surface area contributed by atoms with Crippen molar-refractivity contribution < 1.29 is 9.53 Å². The van der Waals surface area contributed by atoms with Gasteiger partial charge in [-0.2, -0.15) is 0 Å². The molecule has 14 heavy (non-hydrogen) atoms. The van der Waals surface area contributed by atoms with E-state index in [4.69, 9.17) is 4.74 Å². The fourth-order valence-electron chi connectivity index (χ4n) is 0.793. The van der Waals surface area contributed by atoms with Gasteiger partial charge in [0.25, 0.3) is 0 Å². The zero-order chi connectivity index (χ0) is 10.8. The number of alkyl carbamates (subject to hydrolysis) is 1. The van der Waals surface area contributed by atoms with Gasteiger partial charge in [0.2, 0.25) is 0 Å². The van der Waals surface area contributed by atoms with Crippen molar-refractivity contribution in [2.75, 3.05) is 13.7 Å². The molecule has 1 amide bonds. The minimum absolute atomic E-state index is 0.266. The smallest absolute Gasteiger partial charge is 0.407 e. The lowest BCUT2D eigenvalue weighted by molar-refractivity contribution is 0.159. The van der Waals surface area contributed by atoms with Crippen LogP contribution >= 0.6 is 0 Å². The van der Waals surface area contributed by atoms with Crippen LogP contribution < -0.4 is 5.32 Å². The van der Waals surface area contributed by atoms with Crippen LogP contribution in [0.5, 0.6) is 0 Å². The number of allylic oxidation sites excluding steroid dienone is 3. The third-order valence-electron chi connectivity index (χ3n) is 1.47. The average molecular weight is 195 g/mol. The molecule has 0 saturated carbocycles. The topological polar surface area (TPSA) is 38.3 Å². The van der Waals surface area contributed by atoms with E-state index in [1.165, 1.54) is 7.05 Å². The monoisotopic (exact) mass is 195 g/mol. The van der Waals surface area contributed by atoms with E-state index in [2.05, 4.69) is 11.9 Å². The summed E-state index contributed by atoms with van der Waals surface area (Å²) in [4.78, 5) is 10.8. The summed E-state index contributed by atoms with van der Waals surface area (Å²) in [5.74, 6) is 0. The predicted molar refractivity (Wildman–Crippen MR) is 58.1 cm³/mol.